The molecule has 0 aliphatic rings. The van der Waals surface area contributed by atoms with Crippen LogP contribution in [0.2, 0.25) is 10.0 Å². The van der Waals surface area contributed by atoms with Gasteiger partial charge in [-0.25, -0.2) is 0 Å². The van der Waals surface area contributed by atoms with Crippen molar-refractivity contribution in [2.45, 2.75) is 32.6 Å². The molecule has 0 fully saturated rings. The summed E-state index contributed by atoms with van der Waals surface area (Å²) in [6.07, 6.45) is 3.07. The van der Waals surface area contributed by atoms with Gasteiger partial charge >= 0.3 is 5.97 Å². The highest BCUT2D eigenvalue weighted by molar-refractivity contribution is 6.35. The molecule has 0 aromatic heterocycles. The lowest BCUT2D eigenvalue weighted by atomic mass is 9.99. The maximum Gasteiger partial charge on any atom is 0.306 e. The lowest BCUT2D eigenvalue weighted by molar-refractivity contribution is -0.142. The van der Waals surface area contributed by atoms with E-state index in [1.165, 1.54) is 0 Å². The minimum atomic E-state index is -0.765. The Labute approximate surface area is 123 Å². The maximum absolute atomic E-state index is 11.1. The normalized spacial score (nSPS) is 12.2. The fourth-order valence-corrected chi connectivity index (χ4v) is 2.21. The third-order valence-electron chi connectivity index (χ3n) is 2.87. The fraction of sp³-hybridized carbons (Fsp3) is 0.500. The van der Waals surface area contributed by atoms with E-state index in [9.17, 15) is 4.79 Å². The van der Waals surface area contributed by atoms with Gasteiger partial charge in [-0.05, 0) is 31.0 Å². The van der Waals surface area contributed by atoms with Crippen LogP contribution in [0.1, 0.15) is 32.6 Å². The number of hydrogen-bond donors (Lipinski definition) is 1. The van der Waals surface area contributed by atoms with Crippen LogP contribution in [-0.2, 0) is 4.79 Å². The fourth-order valence-electron chi connectivity index (χ4n) is 1.75. The van der Waals surface area contributed by atoms with Gasteiger partial charge in [0.25, 0.3) is 0 Å². The van der Waals surface area contributed by atoms with Crippen molar-refractivity contribution in [2.75, 3.05) is 6.61 Å². The Morgan fingerprint density at radius 3 is 2.68 bits per heavy atom. The van der Waals surface area contributed by atoms with Gasteiger partial charge in [0.05, 0.1) is 17.5 Å². The molecular weight excluding hydrogens is 287 g/mol. The number of carbonyl (C=O) groups is 1. The Morgan fingerprint density at radius 1 is 1.37 bits per heavy atom. The highest BCUT2D eigenvalue weighted by Crippen LogP contribution is 2.28. The number of rotatable bonds is 8. The van der Waals surface area contributed by atoms with E-state index in [4.69, 9.17) is 33.0 Å². The van der Waals surface area contributed by atoms with Crippen molar-refractivity contribution in [3.05, 3.63) is 28.2 Å². The molecule has 0 spiro atoms. The second-order valence-corrected chi connectivity index (χ2v) is 5.23. The second-order valence-electron chi connectivity index (χ2n) is 4.39. The molecule has 0 saturated carbocycles. The Morgan fingerprint density at radius 2 is 2.11 bits per heavy atom. The molecule has 0 amide bonds. The van der Waals surface area contributed by atoms with Gasteiger partial charge in [-0.15, -0.1) is 0 Å². The van der Waals surface area contributed by atoms with Crippen LogP contribution >= 0.6 is 23.2 Å². The van der Waals surface area contributed by atoms with Gasteiger partial charge in [0.1, 0.15) is 5.75 Å². The number of benzene rings is 1. The minimum absolute atomic E-state index is 0.335. The molecule has 1 rings (SSSR count). The van der Waals surface area contributed by atoms with E-state index in [0.29, 0.717) is 35.2 Å². The summed E-state index contributed by atoms with van der Waals surface area (Å²) in [7, 11) is 0. The van der Waals surface area contributed by atoms with Crippen molar-refractivity contribution >= 4 is 29.2 Å². The molecule has 0 saturated heterocycles. The molecule has 0 aliphatic heterocycles. The van der Waals surface area contributed by atoms with Crippen molar-refractivity contribution in [1.29, 1.82) is 0 Å². The third kappa shape index (κ3) is 5.70. The summed E-state index contributed by atoms with van der Waals surface area (Å²) in [5, 5.41) is 10.1. The van der Waals surface area contributed by atoms with E-state index in [1.54, 1.807) is 18.2 Å². The van der Waals surface area contributed by atoms with Gasteiger partial charge < -0.3 is 9.84 Å². The van der Waals surface area contributed by atoms with Crippen LogP contribution in [0, 0.1) is 5.92 Å². The highest BCUT2D eigenvalue weighted by Gasteiger charge is 2.16. The number of hydrogen-bond acceptors (Lipinski definition) is 2. The van der Waals surface area contributed by atoms with Crippen LogP contribution in [0.5, 0.6) is 5.75 Å². The Kier molecular flexibility index (Phi) is 7.03. The SMILES string of the molecule is CCCCC(CCOc1ccc(Cl)cc1Cl)C(=O)O. The van der Waals surface area contributed by atoms with Gasteiger partial charge in [0.15, 0.2) is 0 Å². The third-order valence-corrected chi connectivity index (χ3v) is 3.40. The average Bonchev–Trinajstić information content (AvgIpc) is 2.35. The molecule has 0 heterocycles. The zero-order chi connectivity index (χ0) is 14.3. The van der Waals surface area contributed by atoms with Crippen molar-refractivity contribution < 1.29 is 14.6 Å². The summed E-state index contributed by atoms with van der Waals surface area (Å²) in [5.74, 6) is -0.587. The lowest BCUT2D eigenvalue weighted by Crippen LogP contribution is -2.17. The lowest BCUT2D eigenvalue weighted by Gasteiger charge is -2.13. The number of carboxylic acids is 1. The van der Waals surface area contributed by atoms with E-state index in [-0.39, 0.29) is 5.92 Å². The van der Waals surface area contributed by atoms with Crippen LogP contribution in [0.25, 0.3) is 0 Å². The molecule has 1 atom stereocenters. The molecule has 1 N–H and O–H groups in total. The molecule has 19 heavy (non-hydrogen) atoms. The molecule has 1 unspecified atom stereocenters. The van der Waals surface area contributed by atoms with E-state index in [2.05, 4.69) is 0 Å². The zero-order valence-corrected chi connectivity index (χ0v) is 12.4. The predicted octanol–water partition coefficient (Wildman–Crippen LogP) is 4.65. The monoisotopic (exact) mass is 304 g/mol. The molecule has 0 aliphatic carbocycles. The zero-order valence-electron chi connectivity index (χ0n) is 10.9. The number of halogens is 2. The number of ether oxygens (including phenoxy) is 1. The number of aliphatic carboxylic acids is 1. The van der Waals surface area contributed by atoms with E-state index in [0.717, 1.165) is 12.8 Å². The second kappa shape index (κ2) is 8.28. The summed E-state index contributed by atoms with van der Waals surface area (Å²) in [6, 6.07) is 4.98. The summed E-state index contributed by atoms with van der Waals surface area (Å²) in [5.41, 5.74) is 0. The smallest absolute Gasteiger partial charge is 0.306 e. The van der Waals surface area contributed by atoms with Crippen molar-refractivity contribution in [2.24, 2.45) is 5.92 Å². The first-order valence-corrected chi connectivity index (χ1v) is 7.10. The minimum Gasteiger partial charge on any atom is -0.492 e. The quantitative estimate of drug-likeness (QED) is 0.760. The Hall–Kier alpha value is -0.930. The Balaban J connectivity index is 2.45. The largest absolute Gasteiger partial charge is 0.492 e. The van der Waals surface area contributed by atoms with Crippen LogP contribution < -0.4 is 4.74 Å². The van der Waals surface area contributed by atoms with Crippen molar-refractivity contribution in [3.63, 3.8) is 0 Å². The first-order chi connectivity index (χ1) is 9.04. The standard InChI is InChI=1S/C14H18Cl2O3/c1-2-3-4-10(14(17)18)7-8-19-13-6-5-11(15)9-12(13)16/h5-6,9-10H,2-4,7-8H2,1H3,(H,17,18). The van der Waals surface area contributed by atoms with Crippen LogP contribution in [0.3, 0.4) is 0 Å². The molecule has 5 heteroatoms. The van der Waals surface area contributed by atoms with Gasteiger partial charge in [-0.2, -0.15) is 0 Å². The van der Waals surface area contributed by atoms with Gasteiger partial charge in [-0.3, -0.25) is 4.79 Å². The van der Waals surface area contributed by atoms with E-state index < -0.39 is 5.97 Å². The first kappa shape index (κ1) is 16.1. The van der Waals surface area contributed by atoms with Crippen LogP contribution in [0.4, 0.5) is 0 Å². The van der Waals surface area contributed by atoms with Gasteiger partial charge in [0.2, 0.25) is 0 Å². The molecule has 106 valence electrons. The number of carboxylic acid groups (broad SMARTS) is 1. The molecule has 0 bridgehead atoms. The van der Waals surface area contributed by atoms with Gasteiger partial charge in [-0.1, -0.05) is 43.0 Å². The summed E-state index contributed by atoms with van der Waals surface area (Å²) in [6.45, 7) is 2.38. The number of unbranched alkanes of at least 4 members (excludes halogenated alkanes) is 1. The topological polar surface area (TPSA) is 46.5 Å². The van der Waals surface area contributed by atoms with Crippen molar-refractivity contribution in [3.8, 4) is 5.75 Å². The average molecular weight is 305 g/mol. The summed E-state index contributed by atoms with van der Waals surface area (Å²) >= 11 is 11.7. The van der Waals surface area contributed by atoms with Crippen molar-refractivity contribution in [1.82, 2.24) is 0 Å². The van der Waals surface area contributed by atoms with Gasteiger partial charge in [0, 0.05) is 5.02 Å². The van der Waals surface area contributed by atoms with E-state index in [1.807, 2.05) is 6.92 Å². The maximum atomic E-state index is 11.1. The molecular formula is C14H18Cl2O3. The van der Waals surface area contributed by atoms with Crippen LogP contribution in [0.15, 0.2) is 18.2 Å². The molecule has 1 aromatic rings. The molecule has 0 radical (unpaired) electrons. The molecule has 1 aromatic carbocycles. The molecule has 3 nitrogen and oxygen atoms in total. The summed E-state index contributed by atoms with van der Waals surface area (Å²) < 4.78 is 5.50. The summed E-state index contributed by atoms with van der Waals surface area (Å²) in [4.78, 5) is 11.1. The highest BCUT2D eigenvalue weighted by atomic mass is 35.5. The van der Waals surface area contributed by atoms with Crippen LogP contribution in [-0.4, -0.2) is 17.7 Å². The predicted molar refractivity (Wildman–Crippen MR) is 77.2 cm³/mol. The first-order valence-electron chi connectivity index (χ1n) is 6.35. The van der Waals surface area contributed by atoms with E-state index >= 15 is 0 Å². The Bertz CT molecular complexity index is 421.